The molecule has 0 radical (unpaired) electrons. The molecule has 4 bridgehead atoms. The number of amides is 1. The lowest BCUT2D eigenvalue weighted by Gasteiger charge is -2.64. The first-order valence-electron chi connectivity index (χ1n) is 7.66. The lowest BCUT2D eigenvalue weighted by Crippen LogP contribution is -2.60. The standard InChI is InChI=1S/C16H27NO2/c1-14-6-12-7-15(2,9-14)11-16(8-12,10-14)13(18)17-4-5-19-3/h12H,4-11H2,1-3H3,(H,17,18)/t12?,14-,15-,16?/m0/s1. The molecule has 19 heavy (non-hydrogen) atoms. The SMILES string of the molecule is COCCNC(=O)C12CC3C[C@](C)(C1)C[C@](C)(C3)C2. The van der Waals surface area contributed by atoms with Crippen molar-refractivity contribution in [2.24, 2.45) is 22.2 Å². The Morgan fingerprint density at radius 3 is 2.32 bits per heavy atom. The Bertz CT molecular complexity index is 374. The first-order chi connectivity index (χ1) is 8.89. The maximum Gasteiger partial charge on any atom is 0.226 e. The summed E-state index contributed by atoms with van der Waals surface area (Å²) in [6.45, 7) is 6.08. The van der Waals surface area contributed by atoms with Crippen LogP contribution in [0.25, 0.3) is 0 Å². The first-order valence-corrected chi connectivity index (χ1v) is 7.66. The Hall–Kier alpha value is -0.570. The van der Waals surface area contributed by atoms with Gasteiger partial charge in [0.2, 0.25) is 5.91 Å². The molecule has 4 rings (SSSR count). The van der Waals surface area contributed by atoms with Crippen molar-refractivity contribution in [1.82, 2.24) is 5.32 Å². The topological polar surface area (TPSA) is 38.3 Å². The molecule has 0 saturated heterocycles. The predicted molar refractivity (Wildman–Crippen MR) is 74.7 cm³/mol. The molecule has 0 aromatic carbocycles. The third-order valence-electron chi connectivity index (χ3n) is 5.70. The quantitative estimate of drug-likeness (QED) is 0.794. The number of rotatable bonds is 4. The van der Waals surface area contributed by atoms with E-state index in [2.05, 4.69) is 19.2 Å². The van der Waals surface area contributed by atoms with Crippen molar-refractivity contribution in [2.45, 2.75) is 52.4 Å². The number of hydrogen-bond acceptors (Lipinski definition) is 2. The first kappa shape index (κ1) is 13.4. The maximum atomic E-state index is 12.7. The second-order valence-electron chi connectivity index (χ2n) is 8.16. The number of nitrogens with one attached hydrogen (secondary N) is 1. The van der Waals surface area contributed by atoms with E-state index >= 15 is 0 Å². The van der Waals surface area contributed by atoms with Crippen LogP contribution in [-0.2, 0) is 9.53 Å². The minimum atomic E-state index is -0.0728. The van der Waals surface area contributed by atoms with Crippen molar-refractivity contribution in [3.05, 3.63) is 0 Å². The zero-order valence-corrected chi connectivity index (χ0v) is 12.6. The normalized spacial score (nSPS) is 47.4. The van der Waals surface area contributed by atoms with Crippen LogP contribution in [0.3, 0.4) is 0 Å². The van der Waals surface area contributed by atoms with Crippen molar-refractivity contribution >= 4 is 5.91 Å². The van der Waals surface area contributed by atoms with Crippen molar-refractivity contribution in [3.8, 4) is 0 Å². The average Bonchev–Trinajstić information content (AvgIpc) is 2.24. The third-order valence-corrected chi connectivity index (χ3v) is 5.70. The summed E-state index contributed by atoms with van der Waals surface area (Å²) in [5.41, 5.74) is 0.746. The number of carbonyl (C=O) groups excluding carboxylic acids is 1. The summed E-state index contributed by atoms with van der Waals surface area (Å²) in [4.78, 5) is 12.7. The van der Waals surface area contributed by atoms with Crippen LogP contribution in [0.2, 0.25) is 0 Å². The molecule has 0 spiro atoms. The molecule has 0 aliphatic heterocycles. The van der Waals surface area contributed by atoms with Crippen LogP contribution in [0, 0.1) is 22.2 Å². The summed E-state index contributed by atoms with van der Waals surface area (Å²) < 4.78 is 5.04. The van der Waals surface area contributed by atoms with Crippen LogP contribution in [0.4, 0.5) is 0 Å². The van der Waals surface area contributed by atoms with Gasteiger partial charge in [-0.05, 0) is 55.3 Å². The Morgan fingerprint density at radius 1 is 1.16 bits per heavy atom. The third kappa shape index (κ3) is 2.20. The molecule has 3 heteroatoms. The summed E-state index contributed by atoms with van der Waals surface area (Å²) in [6.07, 6.45) is 7.34. The average molecular weight is 265 g/mol. The highest BCUT2D eigenvalue weighted by Gasteiger charge is 2.62. The number of ether oxygens (including phenoxy) is 1. The zero-order chi connectivity index (χ0) is 13.7. The summed E-state index contributed by atoms with van der Waals surface area (Å²) in [5.74, 6) is 1.07. The lowest BCUT2D eigenvalue weighted by molar-refractivity contribution is -0.170. The van der Waals surface area contributed by atoms with Gasteiger partial charge in [0, 0.05) is 13.7 Å². The monoisotopic (exact) mass is 265 g/mol. The number of hydrogen-bond donors (Lipinski definition) is 1. The van der Waals surface area contributed by atoms with Gasteiger partial charge in [-0.15, -0.1) is 0 Å². The molecule has 1 amide bonds. The Balaban J connectivity index is 1.78. The number of carbonyl (C=O) groups is 1. The van der Waals surface area contributed by atoms with Crippen molar-refractivity contribution in [3.63, 3.8) is 0 Å². The van der Waals surface area contributed by atoms with E-state index < -0.39 is 0 Å². The van der Waals surface area contributed by atoms with Crippen LogP contribution < -0.4 is 5.32 Å². The van der Waals surface area contributed by atoms with Gasteiger partial charge in [-0.2, -0.15) is 0 Å². The molecule has 4 saturated carbocycles. The van der Waals surface area contributed by atoms with E-state index in [4.69, 9.17) is 4.74 Å². The Kier molecular flexibility index (Phi) is 2.97. The van der Waals surface area contributed by atoms with Gasteiger partial charge in [-0.3, -0.25) is 4.79 Å². The van der Waals surface area contributed by atoms with E-state index in [1.165, 1.54) is 19.3 Å². The molecule has 4 aliphatic carbocycles. The van der Waals surface area contributed by atoms with Gasteiger partial charge in [0.1, 0.15) is 0 Å². The van der Waals surface area contributed by atoms with Crippen molar-refractivity contribution in [2.75, 3.05) is 20.3 Å². The molecular weight excluding hydrogens is 238 g/mol. The van der Waals surface area contributed by atoms with E-state index in [1.54, 1.807) is 7.11 Å². The van der Waals surface area contributed by atoms with Crippen LogP contribution in [0.15, 0.2) is 0 Å². The minimum Gasteiger partial charge on any atom is -0.383 e. The van der Waals surface area contributed by atoms with E-state index in [0.29, 0.717) is 29.9 Å². The van der Waals surface area contributed by atoms with Gasteiger partial charge in [-0.1, -0.05) is 13.8 Å². The minimum absolute atomic E-state index is 0.0728. The molecule has 3 nitrogen and oxygen atoms in total. The molecule has 4 aliphatic rings. The Morgan fingerprint density at radius 2 is 1.79 bits per heavy atom. The summed E-state index contributed by atoms with van der Waals surface area (Å²) in [7, 11) is 1.68. The van der Waals surface area contributed by atoms with Crippen LogP contribution in [-0.4, -0.2) is 26.2 Å². The molecule has 0 aromatic heterocycles. The van der Waals surface area contributed by atoms with Gasteiger partial charge in [-0.25, -0.2) is 0 Å². The van der Waals surface area contributed by atoms with Gasteiger partial charge >= 0.3 is 0 Å². The molecule has 1 N–H and O–H groups in total. The van der Waals surface area contributed by atoms with Gasteiger partial charge in [0.15, 0.2) is 0 Å². The van der Waals surface area contributed by atoms with Gasteiger partial charge < -0.3 is 10.1 Å². The molecule has 2 atom stereocenters. The van der Waals surface area contributed by atoms with Crippen molar-refractivity contribution in [1.29, 1.82) is 0 Å². The largest absolute Gasteiger partial charge is 0.383 e. The van der Waals surface area contributed by atoms with Gasteiger partial charge in [0.25, 0.3) is 0 Å². The van der Waals surface area contributed by atoms with E-state index in [-0.39, 0.29) is 5.41 Å². The lowest BCUT2D eigenvalue weighted by atomic mass is 9.40. The summed E-state index contributed by atoms with van der Waals surface area (Å²) >= 11 is 0. The number of methoxy groups -OCH3 is 1. The fourth-order valence-electron chi connectivity index (χ4n) is 6.16. The van der Waals surface area contributed by atoms with E-state index in [1.807, 2.05) is 0 Å². The second-order valence-corrected chi connectivity index (χ2v) is 8.16. The van der Waals surface area contributed by atoms with Crippen LogP contribution in [0.1, 0.15) is 52.4 Å². The molecule has 0 heterocycles. The molecule has 4 fully saturated rings. The van der Waals surface area contributed by atoms with Crippen LogP contribution in [0.5, 0.6) is 0 Å². The summed E-state index contributed by atoms with van der Waals surface area (Å²) in [6, 6.07) is 0. The smallest absolute Gasteiger partial charge is 0.226 e. The van der Waals surface area contributed by atoms with Crippen LogP contribution >= 0.6 is 0 Å². The molecule has 108 valence electrons. The van der Waals surface area contributed by atoms with E-state index in [0.717, 1.165) is 25.2 Å². The highest BCUT2D eigenvalue weighted by Crippen LogP contribution is 2.69. The molecule has 0 unspecified atom stereocenters. The van der Waals surface area contributed by atoms with E-state index in [9.17, 15) is 4.79 Å². The Labute approximate surface area is 116 Å². The second kappa shape index (κ2) is 4.21. The fraction of sp³-hybridized carbons (Fsp3) is 0.938. The highest BCUT2D eigenvalue weighted by molar-refractivity contribution is 5.83. The van der Waals surface area contributed by atoms with Gasteiger partial charge in [0.05, 0.1) is 12.0 Å². The summed E-state index contributed by atoms with van der Waals surface area (Å²) in [5, 5.41) is 3.11. The highest BCUT2D eigenvalue weighted by atomic mass is 16.5. The van der Waals surface area contributed by atoms with Crippen molar-refractivity contribution < 1.29 is 9.53 Å². The zero-order valence-electron chi connectivity index (χ0n) is 12.6. The fourth-order valence-corrected chi connectivity index (χ4v) is 6.16. The molecule has 0 aromatic rings. The molecular formula is C16H27NO2. The maximum absolute atomic E-state index is 12.7. The predicted octanol–water partition coefficient (Wildman–Crippen LogP) is 2.75.